The molecule has 0 radical (unpaired) electrons. The molecule has 1 saturated carbocycles. The van der Waals surface area contributed by atoms with Crippen molar-refractivity contribution in [1.29, 1.82) is 0 Å². The number of furan rings is 1. The van der Waals surface area contributed by atoms with Crippen LogP contribution in [0.4, 0.5) is 0 Å². The lowest BCUT2D eigenvalue weighted by atomic mass is 10.2. The molecule has 25 heavy (non-hydrogen) atoms. The van der Waals surface area contributed by atoms with Gasteiger partial charge in [-0.3, -0.25) is 9.59 Å². The minimum atomic E-state index is -0.0330. The lowest BCUT2D eigenvalue weighted by Crippen LogP contribution is -2.45. The maximum absolute atomic E-state index is 12.9. The van der Waals surface area contributed by atoms with Crippen molar-refractivity contribution < 1.29 is 18.7 Å². The average Bonchev–Trinajstić information content (AvgIpc) is 3.08. The van der Waals surface area contributed by atoms with Gasteiger partial charge < -0.3 is 19.0 Å². The second kappa shape index (κ2) is 8.52. The Kier molecular flexibility index (Phi) is 6.13. The van der Waals surface area contributed by atoms with Gasteiger partial charge in [-0.1, -0.05) is 6.92 Å². The highest BCUT2D eigenvalue weighted by atomic mass is 16.5. The SMILES string of the molecule is CCCN(CC(=O)N(Cc1ccco1)C[C@@H]1CCCO1)C(=O)C1CC1. The Hall–Kier alpha value is -1.82. The van der Waals surface area contributed by atoms with Crippen molar-refractivity contribution in [3.05, 3.63) is 24.2 Å². The predicted octanol–water partition coefficient (Wildman–Crippen LogP) is 2.44. The molecule has 0 aromatic carbocycles. The van der Waals surface area contributed by atoms with E-state index in [1.807, 2.05) is 19.1 Å². The molecular weight excluding hydrogens is 320 g/mol. The highest BCUT2D eigenvalue weighted by molar-refractivity contribution is 5.87. The van der Waals surface area contributed by atoms with Gasteiger partial charge in [-0.15, -0.1) is 0 Å². The lowest BCUT2D eigenvalue weighted by Gasteiger charge is -2.28. The molecule has 2 heterocycles. The molecular formula is C19H28N2O4. The Morgan fingerprint density at radius 1 is 1.24 bits per heavy atom. The molecule has 1 atom stereocenters. The summed E-state index contributed by atoms with van der Waals surface area (Å²) in [6, 6.07) is 3.69. The monoisotopic (exact) mass is 348 g/mol. The Balaban J connectivity index is 1.64. The quantitative estimate of drug-likeness (QED) is 0.688. The number of carbonyl (C=O) groups excluding carboxylic acids is 2. The van der Waals surface area contributed by atoms with Crippen molar-refractivity contribution >= 4 is 11.8 Å². The Morgan fingerprint density at radius 2 is 2.08 bits per heavy atom. The smallest absolute Gasteiger partial charge is 0.242 e. The van der Waals surface area contributed by atoms with Crippen LogP contribution in [0.2, 0.25) is 0 Å². The van der Waals surface area contributed by atoms with Gasteiger partial charge in [-0.2, -0.15) is 0 Å². The third-order valence-electron chi connectivity index (χ3n) is 4.79. The number of amides is 2. The van der Waals surface area contributed by atoms with E-state index >= 15 is 0 Å². The normalized spacial score (nSPS) is 19.8. The summed E-state index contributed by atoms with van der Waals surface area (Å²) < 4.78 is 11.1. The fourth-order valence-electron chi connectivity index (χ4n) is 3.27. The van der Waals surface area contributed by atoms with Gasteiger partial charge >= 0.3 is 0 Å². The van der Waals surface area contributed by atoms with Crippen LogP contribution >= 0.6 is 0 Å². The van der Waals surface area contributed by atoms with E-state index in [4.69, 9.17) is 9.15 Å². The average molecular weight is 348 g/mol. The van der Waals surface area contributed by atoms with Crippen molar-refractivity contribution in [2.45, 2.75) is 51.7 Å². The van der Waals surface area contributed by atoms with Crippen LogP contribution in [0.25, 0.3) is 0 Å². The minimum Gasteiger partial charge on any atom is -0.467 e. The van der Waals surface area contributed by atoms with Crippen molar-refractivity contribution in [2.75, 3.05) is 26.2 Å². The molecule has 1 saturated heterocycles. The second-order valence-electron chi connectivity index (χ2n) is 7.02. The summed E-state index contributed by atoms with van der Waals surface area (Å²) in [6.07, 6.45) is 6.48. The van der Waals surface area contributed by atoms with Gasteiger partial charge in [0.2, 0.25) is 11.8 Å². The van der Waals surface area contributed by atoms with Gasteiger partial charge in [0.1, 0.15) is 5.76 Å². The third-order valence-corrected chi connectivity index (χ3v) is 4.79. The van der Waals surface area contributed by atoms with Gasteiger partial charge in [0.05, 0.1) is 25.5 Å². The molecule has 0 bridgehead atoms. The molecule has 6 nitrogen and oxygen atoms in total. The molecule has 2 amide bonds. The predicted molar refractivity (Wildman–Crippen MR) is 92.7 cm³/mol. The molecule has 1 aromatic rings. The van der Waals surface area contributed by atoms with E-state index in [9.17, 15) is 9.59 Å². The standard InChI is InChI=1S/C19H28N2O4/c1-2-9-20(19(23)15-7-8-15)14-18(22)21(12-16-5-3-10-24-16)13-17-6-4-11-25-17/h3,5,10,15,17H,2,4,6-9,11-14H2,1H3/t17-/m0/s1. The van der Waals surface area contributed by atoms with Crippen molar-refractivity contribution in [3.8, 4) is 0 Å². The summed E-state index contributed by atoms with van der Waals surface area (Å²) in [4.78, 5) is 28.9. The van der Waals surface area contributed by atoms with Crippen LogP contribution in [0, 0.1) is 5.92 Å². The molecule has 0 N–H and O–H groups in total. The van der Waals surface area contributed by atoms with Gasteiger partial charge in [-0.05, 0) is 44.2 Å². The minimum absolute atomic E-state index is 0.0330. The zero-order chi connectivity index (χ0) is 17.6. The number of carbonyl (C=O) groups is 2. The molecule has 0 unspecified atom stereocenters. The Bertz CT molecular complexity index is 562. The zero-order valence-electron chi connectivity index (χ0n) is 15.0. The van der Waals surface area contributed by atoms with Gasteiger partial charge in [0.25, 0.3) is 0 Å². The van der Waals surface area contributed by atoms with Gasteiger partial charge in [-0.25, -0.2) is 0 Å². The highest BCUT2D eigenvalue weighted by Crippen LogP contribution is 2.31. The summed E-state index contributed by atoms with van der Waals surface area (Å²) in [5.41, 5.74) is 0. The zero-order valence-corrected chi connectivity index (χ0v) is 15.0. The van der Waals surface area contributed by atoms with E-state index in [1.54, 1.807) is 16.1 Å². The summed E-state index contributed by atoms with van der Waals surface area (Å²) in [5, 5.41) is 0. The first-order chi connectivity index (χ1) is 12.2. The van der Waals surface area contributed by atoms with Crippen LogP contribution < -0.4 is 0 Å². The largest absolute Gasteiger partial charge is 0.467 e. The molecule has 1 aliphatic carbocycles. The first-order valence-corrected chi connectivity index (χ1v) is 9.38. The molecule has 138 valence electrons. The molecule has 2 fully saturated rings. The van der Waals surface area contributed by atoms with E-state index in [-0.39, 0.29) is 30.4 Å². The second-order valence-corrected chi connectivity index (χ2v) is 7.02. The molecule has 1 aromatic heterocycles. The van der Waals surface area contributed by atoms with E-state index in [0.717, 1.165) is 44.5 Å². The first kappa shape index (κ1) is 18.0. The van der Waals surface area contributed by atoms with E-state index in [2.05, 4.69) is 0 Å². The summed E-state index contributed by atoms with van der Waals surface area (Å²) in [6.45, 7) is 4.55. The number of nitrogens with zero attached hydrogens (tertiary/aromatic N) is 2. The Labute approximate surface area is 149 Å². The maximum Gasteiger partial charge on any atom is 0.242 e. The number of ether oxygens (including phenoxy) is 1. The van der Waals surface area contributed by atoms with E-state index in [0.29, 0.717) is 19.6 Å². The lowest BCUT2D eigenvalue weighted by molar-refractivity contribution is -0.142. The van der Waals surface area contributed by atoms with Crippen LogP contribution in [-0.2, 0) is 20.9 Å². The van der Waals surface area contributed by atoms with Crippen LogP contribution in [0.15, 0.2) is 22.8 Å². The van der Waals surface area contributed by atoms with Crippen LogP contribution in [0.1, 0.15) is 44.8 Å². The van der Waals surface area contributed by atoms with Crippen LogP contribution in [0.5, 0.6) is 0 Å². The first-order valence-electron chi connectivity index (χ1n) is 9.38. The molecule has 3 rings (SSSR count). The Morgan fingerprint density at radius 3 is 2.68 bits per heavy atom. The van der Waals surface area contributed by atoms with Gasteiger partial charge in [0.15, 0.2) is 0 Å². The third kappa shape index (κ3) is 5.08. The maximum atomic E-state index is 12.9. The fraction of sp³-hybridized carbons (Fsp3) is 0.684. The number of rotatable bonds is 9. The summed E-state index contributed by atoms with van der Waals surface area (Å²) in [7, 11) is 0. The van der Waals surface area contributed by atoms with Crippen molar-refractivity contribution in [2.24, 2.45) is 5.92 Å². The van der Waals surface area contributed by atoms with Crippen molar-refractivity contribution in [1.82, 2.24) is 9.80 Å². The molecule has 0 spiro atoms. The summed E-state index contributed by atoms with van der Waals surface area (Å²) >= 11 is 0. The van der Waals surface area contributed by atoms with Crippen LogP contribution in [-0.4, -0.2) is 54.0 Å². The summed E-state index contributed by atoms with van der Waals surface area (Å²) in [5.74, 6) is 0.984. The molecule has 1 aliphatic heterocycles. The van der Waals surface area contributed by atoms with Crippen molar-refractivity contribution in [3.63, 3.8) is 0 Å². The fourth-order valence-corrected chi connectivity index (χ4v) is 3.27. The van der Waals surface area contributed by atoms with Gasteiger partial charge in [0, 0.05) is 25.6 Å². The van der Waals surface area contributed by atoms with E-state index < -0.39 is 0 Å². The topological polar surface area (TPSA) is 63.0 Å². The van der Waals surface area contributed by atoms with E-state index in [1.165, 1.54) is 0 Å². The van der Waals surface area contributed by atoms with Crippen LogP contribution in [0.3, 0.4) is 0 Å². The molecule has 2 aliphatic rings. The number of hydrogen-bond donors (Lipinski definition) is 0. The highest BCUT2D eigenvalue weighted by Gasteiger charge is 2.34. The number of hydrogen-bond acceptors (Lipinski definition) is 4. The molecule has 6 heteroatoms.